The van der Waals surface area contributed by atoms with Crippen LogP contribution in [0.2, 0.25) is 0 Å². The van der Waals surface area contributed by atoms with Crippen molar-refractivity contribution in [2.75, 3.05) is 18.0 Å². The Morgan fingerprint density at radius 3 is 2.90 bits per heavy atom. The lowest BCUT2D eigenvalue weighted by molar-refractivity contribution is 0.497. The number of anilines is 1. The smallest absolute Gasteiger partial charge is 0.186 e. The minimum Gasteiger partial charge on any atom is -0.348 e. The Morgan fingerprint density at radius 1 is 1.29 bits per heavy atom. The second-order valence-corrected chi connectivity index (χ2v) is 6.74. The highest BCUT2D eigenvalue weighted by molar-refractivity contribution is 7.22. The number of hydrogen-bond donors (Lipinski definition) is 1. The number of nitrogens with one attached hydrogen (secondary N) is 1. The second kappa shape index (κ2) is 5.15. The van der Waals surface area contributed by atoms with Crippen LogP contribution in [0.4, 0.5) is 5.13 Å². The van der Waals surface area contributed by atoms with Gasteiger partial charge in [-0.3, -0.25) is 0 Å². The first-order chi connectivity index (χ1) is 10.3. The van der Waals surface area contributed by atoms with Gasteiger partial charge in [-0.25, -0.2) is 9.97 Å². The number of rotatable bonds is 2. The van der Waals surface area contributed by atoms with Crippen molar-refractivity contribution in [3.8, 4) is 0 Å². The molecule has 0 spiro atoms. The van der Waals surface area contributed by atoms with Gasteiger partial charge in [0.25, 0.3) is 0 Å². The molecule has 21 heavy (non-hydrogen) atoms. The zero-order valence-electron chi connectivity index (χ0n) is 12.0. The van der Waals surface area contributed by atoms with Gasteiger partial charge in [0.2, 0.25) is 0 Å². The molecule has 1 aliphatic rings. The van der Waals surface area contributed by atoms with Crippen molar-refractivity contribution in [3.63, 3.8) is 0 Å². The van der Waals surface area contributed by atoms with E-state index < -0.39 is 0 Å². The predicted molar refractivity (Wildman–Crippen MR) is 87.1 cm³/mol. The van der Waals surface area contributed by atoms with Gasteiger partial charge in [0, 0.05) is 30.9 Å². The van der Waals surface area contributed by atoms with E-state index in [4.69, 9.17) is 4.98 Å². The average Bonchev–Trinajstić information content (AvgIpc) is 3.16. The van der Waals surface area contributed by atoms with Crippen LogP contribution < -0.4 is 4.90 Å². The monoisotopic (exact) mass is 298 g/mol. The summed E-state index contributed by atoms with van der Waals surface area (Å²) in [6, 6.07) is 6.49. The van der Waals surface area contributed by atoms with Crippen molar-refractivity contribution in [1.29, 1.82) is 0 Å². The molecule has 3 heterocycles. The summed E-state index contributed by atoms with van der Waals surface area (Å²) in [5, 5.41) is 1.17. The molecule has 1 fully saturated rings. The molecule has 0 unspecified atom stereocenters. The molecule has 2 aromatic heterocycles. The molecule has 1 aliphatic heterocycles. The summed E-state index contributed by atoms with van der Waals surface area (Å²) in [4.78, 5) is 14.6. The van der Waals surface area contributed by atoms with E-state index >= 15 is 0 Å². The second-order valence-electron chi connectivity index (χ2n) is 5.74. The fourth-order valence-electron chi connectivity index (χ4n) is 3.03. The number of aromatic nitrogens is 3. The number of nitrogens with zero attached hydrogens (tertiary/aromatic N) is 3. The first-order valence-corrected chi connectivity index (χ1v) is 8.21. The highest BCUT2D eigenvalue weighted by atomic mass is 32.1. The lowest BCUT2D eigenvalue weighted by Crippen LogP contribution is -2.32. The number of aromatic amines is 1. The molecule has 3 aromatic rings. The van der Waals surface area contributed by atoms with Crippen LogP contribution in [0.5, 0.6) is 0 Å². The molecule has 0 atom stereocenters. The summed E-state index contributed by atoms with van der Waals surface area (Å²) in [7, 11) is 0. The lowest BCUT2D eigenvalue weighted by atomic mass is 9.94. The molecule has 1 saturated heterocycles. The first-order valence-electron chi connectivity index (χ1n) is 7.40. The number of imidazole rings is 1. The van der Waals surface area contributed by atoms with Crippen molar-refractivity contribution in [2.45, 2.75) is 25.7 Å². The van der Waals surface area contributed by atoms with Gasteiger partial charge in [-0.15, -0.1) is 0 Å². The molecule has 0 saturated carbocycles. The summed E-state index contributed by atoms with van der Waals surface area (Å²) < 4.78 is 1.29. The maximum absolute atomic E-state index is 4.79. The maximum atomic E-state index is 4.79. The molecular weight excluding hydrogens is 280 g/mol. The van der Waals surface area contributed by atoms with Crippen LogP contribution in [-0.2, 0) is 0 Å². The fourth-order valence-corrected chi connectivity index (χ4v) is 4.14. The fraction of sp³-hybridized carbons (Fsp3) is 0.375. The van der Waals surface area contributed by atoms with E-state index in [0.29, 0.717) is 5.92 Å². The summed E-state index contributed by atoms with van der Waals surface area (Å²) >= 11 is 1.81. The highest BCUT2D eigenvalue weighted by Gasteiger charge is 2.23. The van der Waals surface area contributed by atoms with Crippen LogP contribution >= 0.6 is 11.3 Å². The summed E-state index contributed by atoms with van der Waals surface area (Å²) in [6.45, 7) is 4.28. The number of aryl methyl sites for hydroxylation is 1. The van der Waals surface area contributed by atoms with Crippen LogP contribution in [0.15, 0.2) is 30.7 Å². The molecule has 0 amide bonds. The SMILES string of the molecule is Cc1ccc2nc(N3CCC(c4cnc[nH]4)CC3)sc2c1. The van der Waals surface area contributed by atoms with Gasteiger partial charge >= 0.3 is 0 Å². The molecule has 4 nitrogen and oxygen atoms in total. The molecule has 0 bridgehead atoms. The Morgan fingerprint density at radius 2 is 2.14 bits per heavy atom. The van der Waals surface area contributed by atoms with Gasteiger partial charge < -0.3 is 9.88 Å². The number of H-pyrrole nitrogens is 1. The van der Waals surface area contributed by atoms with Crippen LogP contribution in [-0.4, -0.2) is 28.0 Å². The minimum atomic E-state index is 0.611. The summed E-state index contributed by atoms with van der Waals surface area (Å²) in [6.07, 6.45) is 6.06. The van der Waals surface area contributed by atoms with Gasteiger partial charge in [-0.2, -0.15) is 0 Å². The van der Waals surface area contributed by atoms with Crippen molar-refractivity contribution in [3.05, 3.63) is 42.0 Å². The normalized spacial score (nSPS) is 16.7. The molecular formula is C16H18N4S. The Hall–Kier alpha value is -1.88. The number of fused-ring (bicyclic) bond motifs is 1. The van der Waals surface area contributed by atoms with Gasteiger partial charge in [0.15, 0.2) is 5.13 Å². The molecule has 5 heteroatoms. The molecule has 0 aliphatic carbocycles. The van der Waals surface area contributed by atoms with Crippen molar-refractivity contribution in [1.82, 2.24) is 15.0 Å². The van der Waals surface area contributed by atoms with E-state index in [1.165, 1.54) is 21.1 Å². The first kappa shape index (κ1) is 12.8. The van der Waals surface area contributed by atoms with Crippen LogP contribution in [0.25, 0.3) is 10.2 Å². The Labute approximate surface area is 127 Å². The van der Waals surface area contributed by atoms with Crippen LogP contribution in [0.3, 0.4) is 0 Å². The Kier molecular flexibility index (Phi) is 3.15. The van der Waals surface area contributed by atoms with Gasteiger partial charge in [0.1, 0.15) is 0 Å². The predicted octanol–water partition coefficient (Wildman–Crippen LogP) is 3.71. The highest BCUT2D eigenvalue weighted by Crippen LogP contribution is 2.34. The summed E-state index contributed by atoms with van der Waals surface area (Å²) in [5.74, 6) is 0.611. The van der Waals surface area contributed by atoms with E-state index in [1.807, 2.05) is 17.5 Å². The van der Waals surface area contributed by atoms with E-state index in [0.717, 1.165) is 31.4 Å². The summed E-state index contributed by atoms with van der Waals surface area (Å²) in [5.41, 5.74) is 3.70. The van der Waals surface area contributed by atoms with Gasteiger partial charge in [-0.1, -0.05) is 17.4 Å². The zero-order chi connectivity index (χ0) is 14.2. The minimum absolute atomic E-state index is 0.611. The Balaban J connectivity index is 1.52. The Bertz CT molecular complexity index is 739. The van der Waals surface area contributed by atoms with Gasteiger partial charge in [0.05, 0.1) is 16.5 Å². The molecule has 0 radical (unpaired) electrons. The van der Waals surface area contributed by atoms with Crippen LogP contribution in [0.1, 0.15) is 30.0 Å². The van der Waals surface area contributed by atoms with E-state index in [9.17, 15) is 0 Å². The molecule has 108 valence electrons. The van der Waals surface area contributed by atoms with E-state index in [-0.39, 0.29) is 0 Å². The topological polar surface area (TPSA) is 44.8 Å². The lowest BCUT2D eigenvalue weighted by Gasteiger charge is -2.31. The average molecular weight is 298 g/mol. The third-order valence-corrected chi connectivity index (χ3v) is 5.34. The van der Waals surface area contributed by atoms with E-state index in [1.54, 1.807) is 6.33 Å². The molecule has 4 rings (SSSR count). The molecule has 1 aromatic carbocycles. The number of piperidine rings is 1. The molecule has 1 N–H and O–H groups in total. The largest absolute Gasteiger partial charge is 0.348 e. The quantitative estimate of drug-likeness (QED) is 0.784. The van der Waals surface area contributed by atoms with Crippen molar-refractivity contribution < 1.29 is 0 Å². The van der Waals surface area contributed by atoms with Crippen molar-refractivity contribution in [2.24, 2.45) is 0 Å². The maximum Gasteiger partial charge on any atom is 0.186 e. The van der Waals surface area contributed by atoms with Gasteiger partial charge in [-0.05, 0) is 37.5 Å². The number of hydrogen-bond acceptors (Lipinski definition) is 4. The number of benzene rings is 1. The van der Waals surface area contributed by atoms with Crippen LogP contribution in [0, 0.1) is 6.92 Å². The van der Waals surface area contributed by atoms with E-state index in [2.05, 4.69) is 40.0 Å². The zero-order valence-corrected chi connectivity index (χ0v) is 12.9. The standard InChI is InChI=1S/C16H18N4S/c1-11-2-3-13-15(8-11)21-16(19-13)20-6-4-12(5-7-20)14-9-17-10-18-14/h2-3,8-10,12H,4-7H2,1H3,(H,17,18). The third-order valence-electron chi connectivity index (χ3n) is 4.26. The van der Waals surface area contributed by atoms with Crippen molar-refractivity contribution >= 4 is 26.7 Å². The number of thiazole rings is 1. The third kappa shape index (κ3) is 2.42.